The fourth-order valence-electron chi connectivity index (χ4n) is 3.39. The van der Waals surface area contributed by atoms with E-state index in [1.807, 2.05) is 54.9 Å². The molecule has 0 fully saturated rings. The zero-order valence-corrected chi connectivity index (χ0v) is 20.2. The topological polar surface area (TPSA) is 93.1 Å². The molecule has 3 aromatic carbocycles. The van der Waals surface area contributed by atoms with E-state index in [0.29, 0.717) is 5.69 Å². The van der Waals surface area contributed by atoms with Crippen LogP contribution in [0.15, 0.2) is 84.3 Å². The number of carbonyl (C=O) groups is 1. The van der Waals surface area contributed by atoms with Crippen LogP contribution in [0.5, 0.6) is 0 Å². The minimum absolute atomic E-state index is 0.0319. The summed E-state index contributed by atoms with van der Waals surface area (Å²) in [6.07, 6.45) is 5.25. The van der Waals surface area contributed by atoms with Crippen LogP contribution in [0.1, 0.15) is 27.0 Å². The Kier molecular flexibility index (Phi) is 6.72. The summed E-state index contributed by atoms with van der Waals surface area (Å²) in [6, 6.07) is 17.2. The molecule has 0 bridgehead atoms. The summed E-state index contributed by atoms with van der Waals surface area (Å²) in [6.45, 7) is 4.02. The van der Waals surface area contributed by atoms with Gasteiger partial charge in [-0.3, -0.25) is 9.52 Å². The number of hydrogen-bond donors (Lipinski definition) is 2. The smallest absolute Gasteiger partial charge is 0.263 e. The lowest BCUT2D eigenvalue weighted by Gasteiger charge is -2.14. The van der Waals surface area contributed by atoms with Gasteiger partial charge in [0.2, 0.25) is 0 Å². The van der Waals surface area contributed by atoms with Gasteiger partial charge in [0.25, 0.3) is 15.9 Å². The highest BCUT2D eigenvalue weighted by Crippen LogP contribution is 2.27. The second kappa shape index (κ2) is 9.70. The SMILES string of the molecule is Cc1cccc(NS(=O)(=O)c2cc(C(=O)NCc3ccc(-n4ccnc4)cc3)ccc2Cl)c1C. The standard InChI is InChI=1S/C25H23ClN4O3S/c1-17-4-3-5-23(18(17)2)29-34(32,33)24-14-20(8-11-22(24)26)25(31)28-15-19-6-9-21(10-7-19)30-13-12-27-16-30/h3-14,16,29H,15H2,1-2H3,(H,28,31). The van der Waals surface area contributed by atoms with Crippen molar-refractivity contribution in [2.24, 2.45) is 0 Å². The lowest BCUT2D eigenvalue weighted by molar-refractivity contribution is 0.0950. The van der Waals surface area contributed by atoms with Gasteiger partial charge in [0.1, 0.15) is 4.90 Å². The second-order valence-corrected chi connectivity index (χ2v) is 9.88. The lowest BCUT2D eigenvalue weighted by Crippen LogP contribution is -2.23. The maximum Gasteiger partial charge on any atom is 0.263 e. The van der Waals surface area contributed by atoms with Gasteiger partial charge in [-0.15, -0.1) is 0 Å². The Morgan fingerprint density at radius 2 is 1.82 bits per heavy atom. The van der Waals surface area contributed by atoms with Gasteiger partial charge in [-0.25, -0.2) is 13.4 Å². The Balaban J connectivity index is 1.48. The van der Waals surface area contributed by atoms with Crippen LogP contribution in [0.3, 0.4) is 0 Å². The molecule has 0 unspecified atom stereocenters. The highest BCUT2D eigenvalue weighted by atomic mass is 35.5. The van der Waals surface area contributed by atoms with E-state index in [9.17, 15) is 13.2 Å². The van der Waals surface area contributed by atoms with Crippen LogP contribution in [0, 0.1) is 13.8 Å². The first-order chi connectivity index (χ1) is 16.2. The third-order valence-electron chi connectivity index (χ3n) is 5.52. The van der Waals surface area contributed by atoms with E-state index in [0.717, 1.165) is 22.4 Å². The summed E-state index contributed by atoms with van der Waals surface area (Å²) >= 11 is 6.20. The largest absolute Gasteiger partial charge is 0.348 e. The quantitative estimate of drug-likeness (QED) is 0.383. The molecule has 2 N–H and O–H groups in total. The van der Waals surface area contributed by atoms with E-state index >= 15 is 0 Å². The van der Waals surface area contributed by atoms with Crippen LogP contribution >= 0.6 is 11.6 Å². The van der Waals surface area contributed by atoms with Crippen LogP contribution in [-0.4, -0.2) is 23.9 Å². The van der Waals surface area contributed by atoms with Gasteiger partial charge in [-0.2, -0.15) is 0 Å². The Hall–Kier alpha value is -3.62. The number of nitrogens with one attached hydrogen (secondary N) is 2. The summed E-state index contributed by atoms with van der Waals surface area (Å²) in [7, 11) is -4.00. The molecule has 174 valence electrons. The molecule has 0 aliphatic rings. The summed E-state index contributed by atoms with van der Waals surface area (Å²) in [4.78, 5) is 16.6. The van der Waals surface area contributed by atoms with Crippen LogP contribution in [0.25, 0.3) is 5.69 Å². The average molecular weight is 495 g/mol. The third kappa shape index (κ3) is 5.13. The highest BCUT2D eigenvalue weighted by molar-refractivity contribution is 7.92. The first kappa shape index (κ1) is 23.5. The number of imidazole rings is 1. The van der Waals surface area contributed by atoms with Crippen LogP contribution in [-0.2, 0) is 16.6 Å². The molecule has 1 aromatic heterocycles. The number of sulfonamides is 1. The monoisotopic (exact) mass is 494 g/mol. The zero-order chi connectivity index (χ0) is 24.3. The predicted octanol–water partition coefficient (Wildman–Crippen LogP) is 4.87. The molecule has 0 spiro atoms. The van der Waals surface area contributed by atoms with Crippen molar-refractivity contribution in [3.05, 3.63) is 107 Å². The average Bonchev–Trinajstić information content (AvgIpc) is 3.36. The number of rotatable bonds is 7. The number of hydrogen-bond acceptors (Lipinski definition) is 4. The Labute approximate surface area is 203 Å². The molecule has 0 radical (unpaired) electrons. The first-order valence-electron chi connectivity index (χ1n) is 10.5. The van der Waals surface area contributed by atoms with Crippen molar-refractivity contribution in [1.29, 1.82) is 0 Å². The number of halogens is 1. The van der Waals surface area contributed by atoms with Gasteiger partial charge in [0.05, 0.1) is 17.0 Å². The van der Waals surface area contributed by atoms with E-state index in [4.69, 9.17) is 11.6 Å². The van der Waals surface area contributed by atoms with Gasteiger partial charge >= 0.3 is 0 Å². The molecular formula is C25H23ClN4O3S. The van der Waals surface area contributed by atoms with Crippen molar-refractivity contribution in [2.75, 3.05) is 4.72 Å². The molecule has 1 heterocycles. The molecule has 0 aliphatic carbocycles. The lowest BCUT2D eigenvalue weighted by atomic mass is 10.1. The fourth-order valence-corrected chi connectivity index (χ4v) is 5.04. The molecule has 34 heavy (non-hydrogen) atoms. The number of carbonyl (C=O) groups excluding carboxylic acids is 1. The van der Waals surface area contributed by atoms with Crippen LogP contribution in [0.4, 0.5) is 5.69 Å². The van der Waals surface area contributed by atoms with Gasteiger partial charge < -0.3 is 9.88 Å². The van der Waals surface area contributed by atoms with Crippen LogP contribution in [0.2, 0.25) is 5.02 Å². The molecule has 9 heteroatoms. The Morgan fingerprint density at radius 1 is 1.06 bits per heavy atom. The van der Waals surface area contributed by atoms with E-state index < -0.39 is 15.9 Å². The van der Waals surface area contributed by atoms with E-state index in [-0.39, 0.29) is 22.0 Å². The van der Waals surface area contributed by atoms with Gasteiger partial charge in [0.15, 0.2) is 0 Å². The van der Waals surface area contributed by atoms with Crippen molar-refractivity contribution in [3.8, 4) is 5.69 Å². The van der Waals surface area contributed by atoms with E-state index in [1.165, 1.54) is 18.2 Å². The molecule has 4 aromatic rings. The normalized spacial score (nSPS) is 11.3. The highest BCUT2D eigenvalue weighted by Gasteiger charge is 2.21. The van der Waals surface area contributed by atoms with E-state index in [1.54, 1.807) is 24.7 Å². The van der Waals surface area contributed by atoms with Gasteiger partial charge in [-0.05, 0) is 66.9 Å². The Morgan fingerprint density at radius 3 is 2.53 bits per heavy atom. The number of anilines is 1. The molecule has 1 amide bonds. The summed E-state index contributed by atoms with van der Waals surface area (Å²) < 4.78 is 30.5. The minimum atomic E-state index is -4.00. The molecule has 0 saturated heterocycles. The molecular weight excluding hydrogens is 472 g/mol. The predicted molar refractivity (Wildman–Crippen MR) is 133 cm³/mol. The van der Waals surface area contributed by atoms with Gasteiger partial charge in [-0.1, -0.05) is 35.9 Å². The van der Waals surface area contributed by atoms with Crippen molar-refractivity contribution >= 4 is 33.2 Å². The molecule has 0 atom stereocenters. The third-order valence-corrected chi connectivity index (χ3v) is 7.37. The van der Waals surface area contributed by atoms with Crippen LogP contribution < -0.4 is 10.0 Å². The Bertz CT molecular complexity index is 1430. The molecule has 0 saturated carbocycles. The zero-order valence-electron chi connectivity index (χ0n) is 18.6. The maximum absolute atomic E-state index is 13.0. The first-order valence-corrected chi connectivity index (χ1v) is 12.3. The maximum atomic E-state index is 13.0. The van der Waals surface area contributed by atoms with Crippen molar-refractivity contribution in [3.63, 3.8) is 0 Å². The summed E-state index contributed by atoms with van der Waals surface area (Å²) in [5.41, 5.74) is 4.28. The van der Waals surface area contributed by atoms with Crippen molar-refractivity contribution in [1.82, 2.24) is 14.9 Å². The summed E-state index contributed by atoms with van der Waals surface area (Å²) in [5, 5.41) is 2.85. The summed E-state index contributed by atoms with van der Waals surface area (Å²) in [5.74, 6) is -0.404. The van der Waals surface area contributed by atoms with E-state index in [2.05, 4.69) is 15.0 Å². The molecule has 7 nitrogen and oxygen atoms in total. The van der Waals surface area contributed by atoms with Crippen molar-refractivity contribution < 1.29 is 13.2 Å². The second-order valence-electron chi connectivity index (χ2n) is 7.82. The van der Waals surface area contributed by atoms with Gasteiger partial charge in [0, 0.05) is 30.2 Å². The fraction of sp³-hybridized carbons (Fsp3) is 0.120. The minimum Gasteiger partial charge on any atom is -0.348 e. The number of aryl methyl sites for hydroxylation is 1. The molecule has 0 aliphatic heterocycles. The number of amides is 1. The number of aromatic nitrogens is 2. The van der Waals surface area contributed by atoms with Crippen molar-refractivity contribution in [2.45, 2.75) is 25.3 Å². The molecule has 4 rings (SSSR count). The number of benzene rings is 3. The number of nitrogens with zero attached hydrogens (tertiary/aromatic N) is 2.